The lowest BCUT2D eigenvalue weighted by atomic mass is 9.88. The number of halogens is 1. The lowest BCUT2D eigenvalue weighted by Crippen LogP contribution is -2.11. The van der Waals surface area contributed by atoms with E-state index in [4.69, 9.17) is 17.3 Å². The third kappa shape index (κ3) is 2.19. The molecule has 1 aliphatic rings. The Hall–Kier alpha value is -0.530. The minimum absolute atomic E-state index is 0.412. The number of hydrogen-bond donors (Lipinski definition) is 1. The molecule has 1 aromatic rings. The van der Waals surface area contributed by atoms with Crippen molar-refractivity contribution < 1.29 is 0 Å². The molecule has 1 unspecified atom stereocenters. The summed E-state index contributed by atoms with van der Waals surface area (Å²) in [5.74, 6) is 0.412. The fourth-order valence-corrected chi connectivity index (χ4v) is 2.60. The first-order chi connectivity index (χ1) is 7.22. The molecule has 2 N–H and O–H groups in total. The number of fused-ring (bicyclic) bond motifs is 1. The molecular weight excluding hydrogens is 206 g/mol. The highest BCUT2D eigenvalue weighted by Gasteiger charge is 2.15. The molecule has 1 atom stereocenters. The summed E-state index contributed by atoms with van der Waals surface area (Å²) in [7, 11) is 0. The van der Waals surface area contributed by atoms with Crippen molar-refractivity contribution in [2.24, 2.45) is 5.73 Å². The Bertz CT molecular complexity index is 360. The number of rotatable bonds is 2. The molecule has 82 valence electrons. The maximum atomic E-state index is 6.31. The van der Waals surface area contributed by atoms with Crippen LogP contribution >= 0.6 is 11.6 Å². The van der Waals surface area contributed by atoms with E-state index in [0.29, 0.717) is 12.5 Å². The van der Waals surface area contributed by atoms with Crippen LogP contribution in [0.25, 0.3) is 0 Å². The standard InChI is InChI=1S/C13H18ClN/c1-9(8-15)11-6-10-4-2-3-5-12(10)13(14)7-11/h6-7,9H,2-5,8,15H2,1H3. The Morgan fingerprint density at radius 2 is 2.07 bits per heavy atom. The van der Waals surface area contributed by atoms with Crippen LogP contribution in [0.1, 0.15) is 42.4 Å². The van der Waals surface area contributed by atoms with E-state index in [1.54, 1.807) is 0 Å². The predicted molar refractivity (Wildman–Crippen MR) is 65.6 cm³/mol. The van der Waals surface area contributed by atoms with Gasteiger partial charge in [0.1, 0.15) is 0 Å². The summed E-state index contributed by atoms with van der Waals surface area (Å²) in [6, 6.07) is 4.40. The van der Waals surface area contributed by atoms with Crippen molar-refractivity contribution in [1.29, 1.82) is 0 Å². The van der Waals surface area contributed by atoms with Gasteiger partial charge >= 0.3 is 0 Å². The molecule has 0 spiro atoms. The molecule has 1 aromatic carbocycles. The molecule has 2 heteroatoms. The SMILES string of the molecule is CC(CN)c1cc(Cl)c2c(c1)CCCC2. The van der Waals surface area contributed by atoms with Gasteiger partial charge in [0, 0.05) is 5.02 Å². The molecule has 0 aliphatic heterocycles. The van der Waals surface area contributed by atoms with E-state index in [2.05, 4.69) is 19.1 Å². The van der Waals surface area contributed by atoms with Gasteiger partial charge in [0.15, 0.2) is 0 Å². The largest absolute Gasteiger partial charge is 0.330 e. The zero-order chi connectivity index (χ0) is 10.8. The van der Waals surface area contributed by atoms with Crippen molar-refractivity contribution in [3.05, 3.63) is 33.8 Å². The second kappa shape index (κ2) is 4.54. The lowest BCUT2D eigenvalue weighted by Gasteiger charge is -2.20. The average Bonchev–Trinajstić information content (AvgIpc) is 2.28. The molecular formula is C13H18ClN. The highest BCUT2D eigenvalue weighted by Crippen LogP contribution is 2.31. The Morgan fingerprint density at radius 1 is 1.33 bits per heavy atom. The molecule has 1 nitrogen and oxygen atoms in total. The van der Waals surface area contributed by atoms with Crippen LogP contribution in [0.15, 0.2) is 12.1 Å². The second-order valence-electron chi connectivity index (χ2n) is 4.48. The van der Waals surface area contributed by atoms with Gasteiger partial charge in [0.2, 0.25) is 0 Å². The van der Waals surface area contributed by atoms with Crippen molar-refractivity contribution in [3.8, 4) is 0 Å². The number of aryl methyl sites for hydroxylation is 1. The monoisotopic (exact) mass is 223 g/mol. The van der Waals surface area contributed by atoms with Crippen LogP contribution in [-0.2, 0) is 12.8 Å². The van der Waals surface area contributed by atoms with Gasteiger partial charge in [-0.15, -0.1) is 0 Å². The molecule has 0 heterocycles. The third-order valence-electron chi connectivity index (χ3n) is 3.36. The summed E-state index contributed by atoms with van der Waals surface area (Å²) in [6.07, 6.45) is 4.90. The minimum Gasteiger partial charge on any atom is -0.330 e. The molecule has 1 aliphatic carbocycles. The van der Waals surface area contributed by atoms with E-state index in [9.17, 15) is 0 Å². The van der Waals surface area contributed by atoms with Crippen LogP contribution in [-0.4, -0.2) is 6.54 Å². The van der Waals surface area contributed by atoms with Crippen LogP contribution in [0.4, 0.5) is 0 Å². The topological polar surface area (TPSA) is 26.0 Å². The summed E-state index contributed by atoms with van der Waals surface area (Å²) < 4.78 is 0. The third-order valence-corrected chi connectivity index (χ3v) is 3.69. The van der Waals surface area contributed by atoms with Gasteiger partial charge in [-0.25, -0.2) is 0 Å². The zero-order valence-electron chi connectivity index (χ0n) is 9.22. The van der Waals surface area contributed by atoms with Crippen molar-refractivity contribution in [2.75, 3.05) is 6.54 Å². The summed E-state index contributed by atoms with van der Waals surface area (Å²) >= 11 is 6.31. The first-order valence-corrected chi connectivity index (χ1v) is 6.11. The second-order valence-corrected chi connectivity index (χ2v) is 4.89. The normalized spacial score (nSPS) is 17.3. The maximum absolute atomic E-state index is 6.31. The lowest BCUT2D eigenvalue weighted by molar-refractivity contribution is 0.680. The number of hydrogen-bond acceptors (Lipinski definition) is 1. The highest BCUT2D eigenvalue weighted by atomic mass is 35.5. The van der Waals surface area contributed by atoms with Gasteiger partial charge < -0.3 is 5.73 Å². The summed E-state index contributed by atoms with van der Waals surface area (Å²) in [5, 5.41) is 0.947. The maximum Gasteiger partial charge on any atom is 0.0443 e. The van der Waals surface area contributed by atoms with Gasteiger partial charge in [-0.2, -0.15) is 0 Å². The Kier molecular flexibility index (Phi) is 3.32. The summed E-state index contributed by atoms with van der Waals surface area (Å²) in [4.78, 5) is 0. The average molecular weight is 224 g/mol. The Morgan fingerprint density at radius 3 is 2.80 bits per heavy atom. The van der Waals surface area contributed by atoms with Gasteiger partial charge in [-0.1, -0.05) is 24.6 Å². The van der Waals surface area contributed by atoms with Gasteiger partial charge in [0.25, 0.3) is 0 Å². The molecule has 2 rings (SSSR count). The van der Waals surface area contributed by atoms with Crippen LogP contribution in [0, 0.1) is 0 Å². The molecule has 0 radical (unpaired) electrons. The van der Waals surface area contributed by atoms with Gasteiger partial charge in [-0.3, -0.25) is 0 Å². The Balaban J connectivity index is 2.40. The number of nitrogens with two attached hydrogens (primary N) is 1. The highest BCUT2D eigenvalue weighted by molar-refractivity contribution is 6.31. The zero-order valence-corrected chi connectivity index (χ0v) is 9.98. The quantitative estimate of drug-likeness (QED) is 0.818. The van der Waals surface area contributed by atoms with Crippen LogP contribution in [0.3, 0.4) is 0 Å². The van der Waals surface area contributed by atoms with E-state index in [-0.39, 0.29) is 0 Å². The van der Waals surface area contributed by atoms with Crippen molar-refractivity contribution in [3.63, 3.8) is 0 Å². The molecule has 15 heavy (non-hydrogen) atoms. The molecule has 0 aromatic heterocycles. The summed E-state index contributed by atoms with van der Waals surface area (Å²) in [5.41, 5.74) is 9.80. The van der Waals surface area contributed by atoms with Crippen molar-refractivity contribution >= 4 is 11.6 Å². The minimum atomic E-state index is 0.412. The first kappa shape index (κ1) is 11.0. The van der Waals surface area contributed by atoms with E-state index in [1.807, 2.05) is 0 Å². The first-order valence-electron chi connectivity index (χ1n) is 5.73. The molecule has 0 saturated carbocycles. The molecule has 0 amide bonds. The van der Waals surface area contributed by atoms with Crippen molar-refractivity contribution in [1.82, 2.24) is 0 Å². The van der Waals surface area contributed by atoms with E-state index < -0.39 is 0 Å². The van der Waals surface area contributed by atoms with Crippen LogP contribution < -0.4 is 5.73 Å². The molecule has 0 bridgehead atoms. The van der Waals surface area contributed by atoms with E-state index in [1.165, 1.54) is 36.0 Å². The van der Waals surface area contributed by atoms with E-state index >= 15 is 0 Å². The van der Waals surface area contributed by atoms with Crippen LogP contribution in [0.2, 0.25) is 5.02 Å². The Labute approximate surface area is 96.6 Å². The van der Waals surface area contributed by atoms with Crippen LogP contribution in [0.5, 0.6) is 0 Å². The predicted octanol–water partition coefficient (Wildman–Crippen LogP) is 3.28. The van der Waals surface area contributed by atoms with Gasteiger partial charge in [0.05, 0.1) is 0 Å². The summed E-state index contributed by atoms with van der Waals surface area (Å²) in [6.45, 7) is 2.84. The fraction of sp³-hybridized carbons (Fsp3) is 0.538. The van der Waals surface area contributed by atoms with Crippen molar-refractivity contribution in [2.45, 2.75) is 38.5 Å². The smallest absolute Gasteiger partial charge is 0.0443 e. The van der Waals surface area contributed by atoms with Gasteiger partial charge in [-0.05, 0) is 60.9 Å². The molecule has 0 saturated heterocycles. The van der Waals surface area contributed by atoms with E-state index in [0.717, 1.165) is 11.4 Å². The molecule has 0 fully saturated rings. The number of benzene rings is 1. The fourth-order valence-electron chi connectivity index (χ4n) is 2.26.